The molecule has 1 heterocycles. The summed E-state index contributed by atoms with van der Waals surface area (Å²) in [7, 11) is 2.01. The molecule has 0 radical (unpaired) electrons. The minimum atomic E-state index is 0.108. The Bertz CT molecular complexity index is 996. The molecule has 116 valence electrons. The minimum Gasteiger partial charge on any atom is -0.338 e. The maximum atomic E-state index is 9.12. The summed E-state index contributed by atoms with van der Waals surface area (Å²) >= 11 is 1.64. The lowest BCUT2D eigenvalue weighted by Crippen LogP contribution is -1.90. The molecule has 2 aromatic carbocycles. The van der Waals surface area contributed by atoms with Gasteiger partial charge in [-0.05, 0) is 31.2 Å². The Hall–Kier alpha value is -2.95. The van der Waals surface area contributed by atoms with Crippen molar-refractivity contribution in [1.82, 2.24) is 4.57 Å². The lowest BCUT2D eigenvalue weighted by atomic mass is 10.1. The number of aromatic nitrogens is 1. The highest BCUT2D eigenvalue weighted by Gasteiger charge is 2.15. The van der Waals surface area contributed by atoms with Crippen molar-refractivity contribution in [2.45, 2.75) is 16.8 Å². The van der Waals surface area contributed by atoms with Crippen molar-refractivity contribution in [2.24, 2.45) is 7.05 Å². The third-order valence-electron chi connectivity index (χ3n) is 3.86. The number of fused-ring (bicyclic) bond motifs is 1. The summed E-state index contributed by atoms with van der Waals surface area (Å²) in [6, 6.07) is 20.3. The summed E-state index contributed by atoms with van der Waals surface area (Å²) in [6.45, 7) is 2.06. The van der Waals surface area contributed by atoms with E-state index in [1.165, 1.54) is 5.56 Å². The maximum Gasteiger partial charge on any atom is 0.130 e. The molecule has 0 aliphatic heterocycles. The van der Waals surface area contributed by atoms with Gasteiger partial charge in [-0.15, -0.1) is 0 Å². The molecule has 1 aromatic heterocycles. The molecule has 0 aliphatic rings. The molecule has 3 nitrogen and oxygen atoms in total. The molecule has 0 spiro atoms. The van der Waals surface area contributed by atoms with E-state index < -0.39 is 0 Å². The second-order valence-corrected chi connectivity index (χ2v) is 6.55. The quantitative estimate of drug-likeness (QED) is 0.630. The number of para-hydroxylation sites is 1. The van der Waals surface area contributed by atoms with E-state index in [4.69, 9.17) is 10.5 Å². The van der Waals surface area contributed by atoms with Crippen LogP contribution in [-0.4, -0.2) is 4.57 Å². The second kappa shape index (κ2) is 6.66. The van der Waals surface area contributed by atoms with Crippen molar-refractivity contribution < 1.29 is 0 Å². The molecular weight excluding hydrogens is 314 g/mol. The number of nitriles is 2. The van der Waals surface area contributed by atoms with E-state index in [0.29, 0.717) is 0 Å². The first kappa shape index (κ1) is 15.9. The van der Waals surface area contributed by atoms with Gasteiger partial charge in [-0.25, -0.2) is 0 Å². The van der Waals surface area contributed by atoms with Crippen molar-refractivity contribution in [1.29, 1.82) is 10.5 Å². The SMILES string of the molecule is Cc1ccc(Sc2c(C=C(C#N)C#N)c3ccccc3n2C)cc1. The van der Waals surface area contributed by atoms with Crippen LogP contribution in [0.5, 0.6) is 0 Å². The molecule has 0 saturated heterocycles. The maximum absolute atomic E-state index is 9.12. The molecule has 0 saturated carbocycles. The average molecular weight is 329 g/mol. The summed E-state index contributed by atoms with van der Waals surface area (Å²) in [5, 5.41) is 20.3. The zero-order chi connectivity index (χ0) is 17.1. The molecule has 0 N–H and O–H groups in total. The smallest absolute Gasteiger partial charge is 0.130 e. The largest absolute Gasteiger partial charge is 0.338 e. The van der Waals surface area contributed by atoms with Gasteiger partial charge in [0.05, 0.1) is 5.03 Å². The van der Waals surface area contributed by atoms with Gasteiger partial charge < -0.3 is 4.57 Å². The Morgan fingerprint density at radius 3 is 2.38 bits per heavy atom. The van der Waals surface area contributed by atoms with Gasteiger partial charge in [0.25, 0.3) is 0 Å². The fraction of sp³-hybridized carbons (Fsp3) is 0.100. The predicted molar refractivity (Wildman–Crippen MR) is 97.4 cm³/mol. The Kier molecular flexibility index (Phi) is 4.42. The second-order valence-electron chi connectivity index (χ2n) is 5.49. The lowest BCUT2D eigenvalue weighted by molar-refractivity contribution is 0.859. The van der Waals surface area contributed by atoms with Crippen LogP contribution in [0.25, 0.3) is 17.0 Å². The molecule has 0 aliphatic carbocycles. The molecule has 0 bridgehead atoms. The van der Waals surface area contributed by atoms with Crippen molar-refractivity contribution in [3.05, 3.63) is 65.2 Å². The van der Waals surface area contributed by atoms with Crippen LogP contribution in [0.3, 0.4) is 0 Å². The summed E-state index contributed by atoms with van der Waals surface area (Å²) in [5.74, 6) is 0. The first-order valence-electron chi connectivity index (χ1n) is 7.48. The summed E-state index contributed by atoms with van der Waals surface area (Å²) in [4.78, 5) is 1.12. The fourth-order valence-corrected chi connectivity index (χ4v) is 3.62. The third kappa shape index (κ3) is 2.93. The van der Waals surface area contributed by atoms with Crippen LogP contribution in [0.2, 0.25) is 0 Å². The van der Waals surface area contributed by atoms with Gasteiger partial charge in [-0.2, -0.15) is 10.5 Å². The first-order chi connectivity index (χ1) is 11.6. The zero-order valence-electron chi connectivity index (χ0n) is 13.4. The van der Waals surface area contributed by atoms with Gasteiger partial charge in [0.1, 0.15) is 17.7 Å². The van der Waals surface area contributed by atoms with Crippen LogP contribution < -0.4 is 0 Å². The Morgan fingerprint density at radius 2 is 1.71 bits per heavy atom. The van der Waals surface area contributed by atoms with Gasteiger partial charge >= 0.3 is 0 Å². The van der Waals surface area contributed by atoms with Crippen LogP contribution in [0, 0.1) is 29.6 Å². The normalized spacial score (nSPS) is 10.2. The Labute approximate surface area is 145 Å². The summed E-state index contributed by atoms with van der Waals surface area (Å²) in [6.07, 6.45) is 1.68. The number of hydrogen-bond acceptors (Lipinski definition) is 3. The first-order valence-corrected chi connectivity index (χ1v) is 8.29. The van der Waals surface area contributed by atoms with E-state index in [2.05, 4.69) is 35.8 Å². The highest BCUT2D eigenvalue weighted by atomic mass is 32.2. The average Bonchev–Trinajstić information content (AvgIpc) is 2.87. The van der Waals surface area contributed by atoms with Gasteiger partial charge in [0.2, 0.25) is 0 Å². The number of nitrogens with zero attached hydrogens (tertiary/aromatic N) is 3. The third-order valence-corrected chi connectivity index (χ3v) is 5.05. The Balaban J connectivity index is 2.21. The molecule has 4 heteroatoms. The molecule has 3 rings (SSSR count). The molecule has 0 fully saturated rings. The van der Waals surface area contributed by atoms with Gasteiger partial charge in [0.15, 0.2) is 0 Å². The van der Waals surface area contributed by atoms with E-state index in [1.807, 2.05) is 43.5 Å². The van der Waals surface area contributed by atoms with Crippen LogP contribution in [0.15, 0.2) is 64.0 Å². The van der Waals surface area contributed by atoms with Crippen molar-refractivity contribution in [3.8, 4) is 12.1 Å². The van der Waals surface area contributed by atoms with Gasteiger partial charge in [-0.3, -0.25) is 0 Å². The predicted octanol–water partition coefficient (Wildman–Crippen LogP) is 5.07. The molecule has 24 heavy (non-hydrogen) atoms. The van der Waals surface area contributed by atoms with E-state index in [9.17, 15) is 0 Å². The number of allylic oxidation sites excluding steroid dienone is 1. The van der Waals surface area contributed by atoms with Gasteiger partial charge in [0, 0.05) is 28.4 Å². The molecule has 3 aromatic rings. The van der Waals surface area contributed by atoms with Crippen LogP contribution in [-0.2, 0) is 7.05 Å². The van der Waals surface area contributed by atoms with E-state index in [1.54, 1.807) is 17.8 Å². The van der Waals surface area contributed by atoms with Crippen LogP contribution >= 0.6 is 11.8 Å². The summed E-state index contributed by atoms with van der Waals surface area (Å²) in [5.41, 5.74) is 3.32. The molecular formula is C20H15N3S. The lowest BCUT2D eigenvalue weighted by Gasteiger charge is -2.06. The number of hydrogen-bond donors (Lipinski definition) is 0. The topological polar surface area (TPSA) is 52.5 Å². The molecule has 0 unspecified atom stereocenters. The van der Waals surface area contributed by atoms with Crippen molar-refractivity contribution in [2.75, 3.05) is 0 Å². The Morgan fingerprint density at radius 1 is 1.04 bits per heavy atom. The standard InChI is InChI=1S/C20H15N3S/c1-14-7-9-16(10-8-14)24-20-18(11-15(12-21)13-22)17-5-3-4-6-19(17)23(20)2/h3-11H,1-2H3. The number of benzene rings is 2. The highest BCUT2D eigenvalue weighted by Crippen LogP contribution is 2.37. The van der Waals surface area contributed by atoms with Gasteiger partial charge in [-0.1, -0.05) is 47.7 Å². The van der Waals surface area contributed by atoms with E-state index >= 15 is 0 Å². The molecule has 0 amide bonds. The van der Waals surface area contributed by atoms with Crippen molar-refractivity contribution in [3.63, 3.8) is 0 Å². The van der Waals surface area contributed by atoms with E-state index in [-0.39, 0.29) is 5.57 Å². The zero-order valence-corrected chi connectivity index (χ0v) is 14.3. The van der Waals surface area contributed by atoms with Crippen molar-refractivity contribution >= 4 is 28.7 Å². The number of rotatable bonds is 3. The highest BCUT2D eigenvalue weighted by molar-refractivity contribution is 7.99. The van der Waals surface area contributed by atoms with E-state index in [0.717, 1.165) is 26.4 Å². The van der Waals surface area contributed by atoms with Crippen LogP contribution in [0.4, 0.5) is 0 Å². The fourth-order valence-electron chi connectivity index (χ4n) is 2.61. The summed E-state index contributed by atoms with van der Waals surface area (Å²) < 4.78 is 2.11. The monoisotopic (exact) mass is 329 g/mol. The minimum absolute atomic E-state index is 0.108. The molecule has 0 atom stereocenters. The van der Waals surface area contributed by atoms with Crippen LogP contribution in [0.1, 0.15) is 11.1 Å². The number of aryl methyl sites for hydroxylation is 2.